The average molecular weight is 343 g/mol. The van der Waals surface area contributed by atoms with Crippen molar-refractivity contribution in [2.45, 2.75) is 4.75 Å². The van der Waals surface area contributed by atoms with Crippen molar-refractivity contribution < 1.29 is 13.0 Å². The number of halogens is 2. The Morgan fingerprint density at radius 1 is 0.667 bits per heavy atom. The van der Waals surface area contributed by atoms with Gasteiger partial charge in [-0.3, -0.25) is 5.14 Å². The van der Waals surface area contributed by atoms with Crippen LogP contribution in [-0.4, -0.2) is 4.21 Å². The summed E-state index contributed by atoms with van der Waals surface area (Å²) in [5.41, 5.74) is 1.83. The van der Waals surface area contributed by atoms with Crippen LogP contribution >= 0.6 is 0 Å². The summed E-state index contributed by atoms with van der Waals surface area (Å²) in [5, 5.41) is 5.93. The molecule has 0 amide bonds. The molecule has 3 aromatic rings. The van der Waals surface area contributed by atoms with Crippen molar-refractivity contribution in [2.24, 2.45) is 5.14 Å². The van der Waals surface area contributed by atoms with Gasteiger partial charge in [-0.2, -0.15) is 0 Å². The molecule has 3 aromatic carbocycles. The lowest BCUT2D eigenvalue weighted by Crippen LogP contribution is -2.38. The molecule has 0 aromatic heterocycles. The molecule has 3 rings (SSSR count). The van der Waals surface area contributed by atoms with Crippen LogP contribution in [0.25, 0.3) is 0 Å². The van der Waals surface area contributed by atoms with Crippen molar-refractivity contribution in [1.29, 1.82) is 0 Å². The van der Waals surface area contributed by atoms with Gasteiger partial charge in [-0.1, -0.05) is 54.6 Å². The van der Waals surface area contributed by atoms with Crippen LogP contribution in [0.2, 0.25) is 0 Å². The van der Waals surface area contributed by atoms with Gasteiger partial charge in [0, 0.05) is 0 Å². The van der Waals surface area contributed by atoms with E-state index in [-0.39, 0.29) is 0 Å². The summed E-state index contributed by atoms with van der Waals surface area (Å²) in [5.74, 6) is -0.801. The number of rotatable bonds is 4. The van der Waals surface area contributed by atoms with Gasteiger partial charge in [0.1, 0.15) is 27.4 Å². The molecule has 0 spiro atoms. The highest BCUT2D eigenvalue weighted by molar-refractivity contribution is 7.84. The summed E-state index contributed by atoms with van der Waals surface area (Å²) in [6, 6.07) is 20.4. The maximum absolute atomic E-state index is 13.4. The molecule has 1 atom stereocenters. The Labute approximate surface area is 141 Å². The fourth-order valence-electron chi connectivity index (χ4n) is 2.89. The third-order valence-corrected chi connectivity index (χ3v) is 5.29. The number of hydrogen-bond acceptors (Lipinski definition) is 1. The standard InChI is InChI=1S/C19H15F2NOS/c20-17-10-6-15(7-11-17)19(24(22)23,14-4-2-1-3-5-14)16-8-12-18(21)13-9-16/h1-13H,22H2. The van der Waals surface area contributed by atoms with Crippen LogP contribution in [0.1, 0.15) is 16.7 Å². The molecule has 0 aliphatic rings. The van der Waals surface area contributed by atoms with Gasteiger partial charge in [-0.25, -0.2) is 13.0 Å². The van der Waals surface area contributed by atoms with E-state index in [2.05, 4.69) is 0 Å². The molecule has 0 aliphatic heterocycles. The monoisotopic (exact) mass is 343 g/mol. The number of benzene rings is 3. The van der Waals surface area contributed by atoms with Crippen LogP contribution in [-0.2, 0) is 15.7 Å². The first kappa shape index (κ1) is 16.5. The molecule has 0 radical (unpaired) electrons. The van der Waals surface area contributed by atoms with Gasteiger partial charge in [0.25, 0.3) is 0 Å². The molecular formula is C19H15F2NOS. The van der Waals surface area contributed by atoms with Crippen LogP contribution in [0.5, 0.6) is 0 Å². The van der Waals surface area contributed by atoms with E-state index in [9.17, 15) is 13.0 Å². The minimum Gasteiger partial charge on any atom is -0.250 e. The molecule has 5 heteroatoms. The van der Waals surface area contributed by atoms with E-state index in [0.717, 1.165) is 0 Å². The molecule has 2 nitrogen and oxygen atoms in total. The van der Waals surface area contributed by atoms with E-state index in [1.807, 2.05) is 18.2 Å². The Balaban J connectivity index is 2.35. The third-order valence-electron chi connectivity index (χ3n) is 3.98. The van der Waals surface area contributed by atoms with Gasteiger partial charge >= 0.3 is 0 Å². The van der Waals surface area contributed by atoms with Crippen molar-refractivity contribution in [3.05, 3.63) is 107 Å². The fraction of sp³-hybridized carbons (Fsp3) is 0.0526. The summed E-state index contributed by atoms with van der Waals surface area (Å²) in [6.07, 6.45) is 0. The Hall–Kier alpha value is -2.37. The van der Waals surface area contributed by atoms with Gasteiger partial charge in [0.2, 0.25) is 0 Å². The van der Waals surface area contributed by atoms with Gasteiger partial charge < -0.3 is 0 Å². The van der Waals surface area contributed by atoms with E-state index in [1.54, 1.807) is 36.4 Å². The molecule has 0 fully saturated rings. The number of nitrogens with two attached hydrogens (primary N) is 1. The second-order valence-corrected chi connectivity index (χ2v) is 6.57. The van der Waals surface area contributed by atoms with Crippen molar-refractivity contribution >= 4 is 11.0 Å². The van der Waals surface area contributed by atoms with E-state index >= 15 is 0 Å². The Morgan fingerprint density at radius 3 is 1.42 bits per heavy atom. The average Bonchev–Trinajstić information content (AvgIpc) is 2.59. The van der Waals surface area contributed by atoms with Crippen molar-refractivity contribution in [3.63, 3.8) is 0 Å². The van der Waals surface area contributed by atoms with Crippen LogP contribution in [0.15, 0.2) is 78.9 Å². The van der Waals surface area contributed by atoms with Crippen LogP contribution < -0.4 is 5.14 Å². The van der Waals surface area contributed by atoms with Gasteiger partial charge in [0.15, 0.2) is 0 Å². The first-order chi connectivity index (χ1) is 11.5. The minimum atomic E-state index is -1.87. The van der Waals surface area contributed by atoms with E-state index in [0.29, 0.717) is 16.7 Å². The zero-order chi connectivity index (χ0) is 17.2. The largest absolute Gasteiger partial charge is 0.250 e. The van der Waals surface area contributed by atoms with Crippen molar-refractivity contribution in [1.82, 2.24) is 0 Å². The second kappa shape index (κ2) is 6.63. The summed E-state index contributed by atoms with van der Waals surface area (Å²) in [7, 11) is -1.87. The van der Waals surface area contributed by atoms with Crippen LogP contribution in [0.4, 0.5) is 8.78 Å². The van der Waals surface area contributed by atoms with Gasteiger partial charge in [0.05, 0.1) is 0 Å². The lowest BCUT2D eigenvalue weighted by molar-refractivity contribution is 0.623. The summed E-state index contributed by atoms with van der Waals surface area (Å²) >= 11 is 0. The summed E-state index contributed by atoms with van der Waals surface area (Å²) in [6.45, 7) is 0. The number of hydrogen-bond donors (Lipinski definition) is 1. The van der Waals surface area contributed by atoms with E-state index in [1.165, 1.54) is 24.3 Å². The molecule has 0 bridgehead atoms. The molecule has 0 saturated carbocycles. The molecule has 122 valence electrons. The summed E-state index contributed by atoms with van der Waals surface area (Å²) in [4.78, 5) is 0. The van der Waals surface area contributed by atoms with Crippen LogP contribution in [0, 0.1) is 11.6 Å². The molecule has 0 saturated heterocycles. The SMILES string of the molecule is NS(=O)C(c1ccccc1)(c1ccc(F)cc1)c1ccc(F)cc1. The quantitative estimate of drug-likeness (QED) is 0.718. The predicted octanol–water partition coefficient (Wildman–Crippen LogP) is 3.88. The normalized spacial score (nSPS) is 12.8. The van der Waals surface area contributed by atoms with Crippen molar-refractivity contribution in [2.75, 3.05) is 0 Å². The smallest absolute Gasteiger partial charge is 0.135 e. The Bertz CT molecular complexity index is 803. The first-order valence-electron chi connectivity index (χ1n) is 7.29. The lowest BCUT2D eigenvalue weighted by atomic mass is 9.84. The molecule has 24 heavy (non-hydrogen) atoms. The minimum absolute atomic E-state index is 0.400. The second-order valence-electron chi connectivity index (χ2n) is 5.36. The third kappa shape index (κ3) is 2.77. The molecule has 2 N–H and O–H groups in total. The van der Waals surface area contributed by atoms with Crippen molar-refractivity contribution in [3.8, 4) is 0 Å². The highest BCUT2D eigenvalue weighted by Crippen LogP contribution is 2.41. The Morgan fingerprint density at radius 2 is 1.04 bits per heavy atom. The first-order valence-corrected chi connectivity index (χ1v) is 8.50. The zero-order valence-electron chi connectivity index (χ0n) is 12.7. The topological polar surface area (TPSA) is 43.1 Å². The maximum atomic E-state index is 13.4. The lowest BCUT2D eigenvalue weighted by Gasteiger charge is -2.33. The maximum Gasteiger partial charge on any atom is 0.135 e. The van der Waals surface area contributed by atoms with Crippen LogP contribution in [0.3, 0.4) is 0 Å². The highest BCUT2D eigenvalue weighted by atomic mass is 32.2. The zero-order valence-corrected chi connectivity index (χ0v) is 13.5. The molecular weight excluding hydrogens is 328 g/mol. The Kier molecular flexibility index (Phi) is 4.55. The highest BCUT2D eigenvalue weighted by Gasteiger charge is 2.41. The molecule has 0 aliphatic carbocycles. The van der Waals surface area contributed by atoms with E-state index < -0.39 is 27.4 Å². The molecule has 1 unspecified atom stereocenters. The predicted molar refractivity (Wildman–Crippen MR) is 91.5 cm³/mol. The van der Waals surface area contributed by atoms with Gasteiger partial charge in [-0.05, 0) is 41.0 Å². The molecule has 0 heterocycles. The fourth-order valence-corrected chi connectivity index (χ4v) is 4.00. The summed E-state index contributed by atoms with van der Waals surface area (Å²) < 4.78 is 38.3. The van der Waals surface area contributed by atoms with E-state index in [4.69, 9.17) is 5.14 Å². The van der Waals surface area contributed by atoms with Gasteiger partial charge in [-0.15, -0.1) is 0 Å².